The van der Waals surface area contributed by atoms with Gasteiger partial charge in [-0.1, -0.05) is 29.3 Å². The molecule has 0 aliphatic heterocycles. The number of benzene rings is 1. The lowest BCUT2D eigenvalue weighted by atomic mass is 9.99. The molecule has 0 aromatic heterocycles. The molecule has 1 aromatic rings. The second-order valence-corrected chi connectivity index (χ2v) is 5.02. The zero-order valence-corrected chi connectivity index (χ0v) is 11.8. The van der Waals surface area contributed by atoms with Gasteiger partial charge in [-0.3, -0.25) is 0 Å². The summed E-state index contributed by atoms with van der Waals surface area (Å²) in [6.45, 7) is 2.09. The number of halogens is 2. The zero-order chi connectivity index (χ0) is 12.8. The van der Waals surface area contributed by atoms with Gasteiger partial charge in [0.25, 0.3) is 0 Å². The smallest absolute Gasteiger partial charge is 0.123 e. The zero-order valence-electron chi connectivity index (χ0n) is 10.2. The Morgan fingerprint density at radius 3 is 2.76 bits per heavy atom. The van der Waals surface area contributed by atoms with E-state index in [1.54, 1.807) is 13.2 Å². The lowest BCUT2D eigenvalue weighted by Gasteiger charge is -2.22. The summed E-state index contributed by atoms with van der Waals surface area (Å²) >= 11 is 3.41. The quantitative estimate of drug-likeness (QED) is 0.875. The Kier molecular flexibility index (Phi) is 6.09. The minimum atomic E-state index is -0.236. The van der Waals surface area contributed by atoms with Crippen LogP contribution in [0.3, 0.4) is 0 Å². The van der Waals surface area contributed by atoms with Crippen LogP contribution in [0.15, 0.2) is 22.7 Å². The van der Waals surface area contributed by atoms with Crippen molar-refractivity contribution in [3.05, 3.63) is 34.1 Å². The molecule has 0 radical (unpaired) electrons. The predicted octanol–water partition coefficient (Wildman–Crippen LogP) is 3.27. The van der Waals surface area contributed by atoms with E-state index in [9.17, 15) is 4.39 Å². The second-order valence-electron chi connectivity index (χ2n) is 4.17. The Hall–Kier alpha value is -0.450. The maximum Gasteiger partial charge on any atom is 0.123 e. The number of rotatable bonds is 6. The molecule has 0 spiro atoms. The third-order valence-corrected chi connectivity index (χ3v) is 3.59. The fourth-order valence-corrected chi connectivity index (χ4v) is 2.28. The molecule has 96 valence electrons. The van der Waals surface area contributed by atoms with Gasteiger partial charge in [0.05, 0.1) is 6.10 Å². The van der Waals surface area contributed by atoms with E-state index >= 15 is 0 Å². The first-order chi connectivity index (χ1) is 8.08. The van der Waals surface area contributed by atoms with E-state index in [1.165, 1.54) is 12.1 Å². The summed E-state index contributed by atoms with van der Waals surface area (Å²) in [5.41, 5.74) is 6.98. The maximum absolute atomic E-state index is 13.1. The van der Waals surface area contributed by atoms with Crippen molar-refractivity contribution in [1.82, 2.24) is 0 Å². The van der Waals surface area contributed by atoms with Gasteiger partial charge >= 0.3 is 0 Å². The van der Waals surface area contributed by atoms with Crippen LogP contribution >= 0.6 is 15.9 Å². The second kappa shape index (κ2) is 7.09. The molecule has 2 unspecified atom stereocenters. The number of ether oxygens (including phenoxy) is 1. The van der Waals surface area contributed by atoms with E-state index in [1.807, 2.05) is 0 Å². The van der Waals surface area contributed by atoms with Gasteiger partial charge in [0.15, 0.2) is 0 Å². The van der Waals surface area contributed by atoms with Crippen molar-refractivity contribution in [3.63, 3.8) is 0 Å². The Bertz CT molecular complexity index is 359. The molecule has 0 heterocycles. The Labute approximate surface area is 110 Å². The highest BCUT2D eigenvalue weighted by Crippen LogP contribution is 2.20. The van der Waals surface area contributed by atoms with Crippen molar-refractivity contribution in [2.24, 2.45) is 5.73 Å². The third-order valence-electron chi connectivity index (χ3n) is 2.82. The number of hydrogen-bond acceptors (Lipinski definition) is 2. The molecule has 0 saturated heterocycles. The molecule has 0 amide bonds. The molecular weight excluding hydrogens is 285 g/mol. The van der Waals surface area contributed by atoms with Crippen LogP contribution in [0.25, 0.3) is 0 Å². The minimum absolute atomic E-state index is 0.0233. The predicted molar refractivity (Wildman–Crippen MR) is 71.5 cm³/mol. The van der Waals surface area contributed by atoms with Gasteiger partial charge in [-0.05, 0) is 36.6 Å². The van der Waals surface area contributed by atoms with E-state index in [4.69, 9.17) is 10.5 Å². The lowest BCUT2D eigenvalue weighted by molar-refractivity contribution is 0.0726. The molecule has 2 atom stereocenters. The summed E-state index contributed by atoms with van der Waals surface area (Å²) in [5, 5.41) is 0. The van der Waals surface area contributed by atoms with Crippen LogP contribution in [0.4, 0.5) is 4.39 Å². The monoisotopic (exact) mass is 303 g/mol. The summed E-state index contributed by atoms with van der Waals surface area (Å²) in [6, 6.07) is 4.54. The minimum Gasteiger partial charge on any atom is -0.380 e. The molecular formula is C13H19BrFNO. The highest BCUT2D eigenvalue weighted by Gasteiger charge is 2.18. The van der Waals surface area contributed by atoms with Gasteiger partial charge in [0.1, 0.15) is 5.82 Å². The molecule has 4 heteroatoms. The highest BCUT2D eigenvalue weighted by atomic mass is 79.9. The van der Waals surface area contributed by atoms with E-state index in [-0.39, 0.29) is 18.0 Å². The molecule has 0 aliphatic rings. The molecule has 1 aromatic carbocycles. The maximum atomic E-state index is 13.1. The SMILES string of the molecule is CCCC(OC)C(N)Cc1cc(F)ccc1Br. The van der Waals surface area contributed by atoms with Crippen molar-refractivity contribution < 1.29 is 9.13 Å². The van der Waals surface area contributed by atoms with Crippen LogP contribution in [-0.2, 0) is 11.2 Å². The Morgan fingerprint density at radius 2 is 2.18 bits per heavy atom. The summed E-state index contributed by atoms with van der Waals surface area (Å²) < 4.78 is 19.4. The average Bonchev–Trinajstić information content (AvgIpc) is 2.30. The number of methoxy groups -OCH3 is 1. The Morgan fingerprint density at radius 1 is 1.47 bits per heavy atom. The summed E-state index contributed by atoms with van der Waals surface area (Å²) in [6.07, 6.45) is 2.58. The molecule has 2 nitrogen and oxygen atoms in total. The highest BCUT2D eigenvalue weighted by molar-refractivity contribution is 9.10. The van der Waals surface area contributed by atoms with Crippen LogP contribution in [0.5, 0.6) is 0 Å². The number of nitrogens with two attached hydrogens (primary N) is 1. The fraction of sp³-hybridized carbons (Fsp3) is 0.538. The molecule has 1 rings (SSSR count). The van der Waals surface area contributed by atoms with Crippen LogP contribution in [-0.4, -0.2) is 19.3 Å². The first kappa shape index (κ1) is 14.6. The number of hydrogen-bond donors (Lipinski definition) is 1. The van der Waals surface area contributed by atoms with Gasteiger partial charge in [-0.25, -0.2) is 4.39 Å². The summed E-state index contributed by atoms with van der Waals surface area (Å²) in [5.74, 6) is -0.236. The first-order valence-corrected chi connectivity index (χ1v) is 6.60. The van der Waals surface area contributed by atoms with Crippen molar-refractivity contribution in [3.8, 4) is 0 Å². The molecule has 0 saturated carbocycles. The van der Waals surface area contributed by atoms with E-state index < -0.39 is 0 Å². The molecule has 0 bridgehead atoms. The van der Waals surface area contributed by atoms with E-state index in [2.05, 4.69) is 22.9 Å². The first-order valence-electron chi connectivity index (χ1n) is 5.80. The van der Waals surface area contributed by atoms with E-state index in [0.717, 1.165) is 22.9 Å². The van der Waals surface area contributed by atoms with Crippen molar-refractivity contribution >= 4 is 15.9 Å². The largest absolute Gasteiger partial charge is 0.380 e. The van der Waals surface area contributed by atoms with Crippen molar-refractivity contribution in [2.45, 2.75) is 38.3 Å². The molecule has 0 aliphatic carbocycles. The lowest BCUT2D eigenvalue weighted by Crippen LogP contribution is -2.38. The van der Waals surface area contributed by atoms with Crippen LogP contribution < -0.4 is 5.73 Å². The van der Waals surface area contributed by atoms with Crippen LogP contribution in [0.2, 0.25) is 0 Å². The van der Waals surface area contributed by atoms with Gasteiger partial charge in [0.2, 0.25) is 0 Å². The average molecular weight is 304 g/mol. The summed E-state index contributed by atoms with van der Waals surface area (Å²) in [4.78, 5) is 0. The topological polar surface area (TPSA) is 35.2 Å². The Balaban J connectivity index is 2.72. The normalized spacial score (nSPS) is 14.6. The molecule has 2 N–H and O–H groups in total. The fourth-order valence-electron chi connectivity index (χ4n) is 1.88. The van der Waals surface area contributed by atoms with Crippen LogP contribution in [0.1, 0.15) is 25.3 Å². The summed E-state index contributed by atoms with van der Waals surface area (Å²) in [7, 11) is 1.67. The molecule has 0 fully saturated rings. The van der Waals surface area contributed by atoms with E-state index in [0.29, 0.717) is 6.42 Å². The van der Waals surface area contributed by atoms with Crippen LogP contribution in [0, 0.1) is 5.82 Å². The standard InChI is InChI=1S/C13H19BrFNO/c1-3-4-13(17-2)12(16)8-9-7-10(15)5-6-11(9)14/h5-7,12-13H,3-4,8,16H2,1-2H3. The van der Waals surface area contributed by atoms with Crippen molar-refractivity contribution in [2.75, 3.05) is 7.11 Å². The third kappa shape index (κ3) is 4.37. The van der Waals surface area contributed by atoms with Gasteiger partial charge in [-0.15, -0.1) is 0 Å². The van der Waals surface area contributed by atoms with Crippen molar-refractivity contribution in [1.29, 1.82) is 0 Å². The molecule has 17 heavy (non-hydrogen) atoms. The van der Waals surface area contributed by atoms with Gasteiger partial charge in [0, 0.05) is 17.6 Å². The van der Waals surface area contributed by atoms with Gasteiger partial charge in [-0.2, -0.15) is 0 Å². The van der Waals surface area contributed by atoms with Gasteiger partial charge < -0.3 is 10.5 Å².